The van der Waals surface area contributed by atoms with Gasteiger partial charge in [-0.25, -0.2) is 0 Å². The number of hydrogen-bond acceptors (Lipinski definition) is 3. The lowest BCUT2D eigenvalue weighted by Crippen LogP contribution is -1.95. The van der Waals surface area contributed by atoms with E-state index in [9.17, 15) is 4.79 Å². The van der Waals surface area contributed by atoms with E-state index in [1.165, 1.54) is 5.56 Å². The monoisotopic (exact) mass is 334 g/mol. The van der Waals surface area contributed by atoms with Crippen LogP contribution in [0.25, 0.3) is 0 Å². The van der Waals surface area contributed by atoms with Crippen LogP contribution in [0.3, 0.4) is 0 Å². The fraction of sp³-hybridized carbons (Fsp3) is 0.0952. The third-order valence-corrected chi connectivity index (χ3v) is 4.69. The van der Waals surface area contributed by atoms with Gasteiger partial charge in [0.05, 0.1) is 0 Å². The quantitative estimate of drug-likeness (QED) is 0.554. The number of carbonyl (C=O) groups excluding carboxylic acids is 1. The van der Waals surface area contributed by atoms with E-state index in [0.29, 0.717) is 12.2 Å². The lowest BCUT2D eigenvalue weighted by atomic mass is 10.1. The number of rotatable bonds is 6. The van der Waals surface area contributed by atoms with Gasteiger partial charge in [-0.05, 0) is 42.8 Å². The molecule has 3 rings (SSSR count). The van der Waals surface area contributed by atoms with Crippen molar-refractivity contribution in [3.05, 3.63) is 89.5 Å². The number of carbonyl (C=O) groups is 1. The molecule has 3 aromatic carbocycles. The van der Waals surface area contributed by atoms with Gasteiger partial charge in [0.15, 0.2) is 6.29 Å². The fourth-order valence-corrected chi connectivity index (χ4v) is 3.28. The van der Waals surface area contributed by atoms with Gasteiger partial charge in [0.2, 0.25) is 0 Å². The first-order valence-electron chi connectivity index (χ1n) is 7.75. The summed E-state index contributed by atoms with van der Waals surface area (Å²) in [5.41, 5.74) is 3.10. The Hall–Kier alpha value is -2.52. The predicted octanol–water partition coefficient (Wildman–Crippen LogP) is 5.54. The van der Waals surface area contributed by atoms with Crippen molar-refractivity contribution < 1.29 is 9.53 Å². The highest BCUT2D eigenvalue weighted by Crippen LogP contribution is 2.31. The smallest absolute Gasteiger partial charge is 0.151 e. The summed E-state index contributed by atoms with van der Waals surface area (Å²) >= 11 is 1.58. The van der Waals surface area contributed by atoms with Crippen LogP contribution >= 0.6 is 11.8 Å². The number of aldehydes is 1. The van der Waals surface area contributed by atoms with Crippen LogP contribution in [0.5, 0.6) is 5.75 Å². The van der Waals surface area contributed by atoms with Crippen molar-refractivity contribution >= 4 is 18.0 Å². The number of ether oxygens (including phenoxy) is 1. The van der Waals surface area contributed by atoms with Crippen LogP contribution < -0.4 is 4.74 Å². The summed E-state index contributed by atoms with van der Waals surface area (Å²) in [6.07, 6.45) is 0.891. The summed E-state index contributed by atoms with van der Waals surface area (Å²) in [5, 5.41) is 0. The summed E-state index contributed by atoms with van der Waals surface area (Å²) < 4.78 is 5.83. The standard InChI is InChI=1S/C21H18O2S/c1-16-5-4-6-17(13-16)15-23-19-9-11-20(12-10-19)24-21-8-3-2-7-18(21)14-22/h2-14H,15H2,1H3. The minimum Gasteiger partial charge on any atom is -0.489 e. The molecular formula is C21H18O2S. The molecule has 0 aliphatic carbocycles. The average Bonchev–Trinajstić information content (AvgIpc) is 2.62. The second-order valence-corrected chi connectivity index (χ2v) is 6.62. The van der Waals surface area contributed by atoms with Crippen molar-refractivity contribution in [3.63, 3.8) is 0 Å². The number of aryl methyl sites for hydroxylation is 1. The second kappa shape index (κ2) is 7.84. The van der Waals surface area contributed by atoms with Crippen LogP contribution in [0, 0.1) is 6.92 Å². The topological polar surface area (TPSA) is 26.3 Å². The van der Waals surface area contributed by atoms with Gasteiger partial charge < -0.3 is 4.74 Å². The average molecular weight is 334 g/mol. The molecule has 3 heteroatoms. The molecule has 0 fully saturated rings. The first-order chi connectivity index (χ1) is 11.7. The Bertz CT molecular complexity index is 825. The minimum atomic E-state index is 0.558. The van der Waals surface area contributed by atoms with E-state index < -0.39 is 0 Å². The summed E-state index contributed by atoms with van der Waals surface area (Å²) in [6, 6.07) is 23.8. The highest BCUT2D eigenvalue weighted by atomic mass is 32.2. The van der Waals surface area contributed by atoms with Crippen molar-refractivity contribution in [1.29, 1.82) is 0 Å². The van der Waals surface area contributed by atoms with Crippen molar-refractivity contribution in [2.45, 2.75) is 23.3 Å². The Labute approximate surface area is 146 Å². The molecule has 0 unspecified atom stereocenters. The van der Waals surface area contributed by atoms with Crippen LogP contribution in [-0.2, 0) is 6.61 Å². The maximum atomic E-state index is 11.1. The maximum absolute atomic E-state index is 11.1. The molecule has 0 aliphatic heterocycles. The Morgan fingerprint density at radius 3 is 2.50 bits per heavy atom. The highest BCUT2D eigenvalue weighted by molar-refractivity contribution is 7.99. The van der Waals surface area contributed by atoms with Crippen molar-refractivity contribution in [3.8, 4) is 5.75 Å². The molecule has 0 N–H and O–H groups in total. The summed E-state index contributed by atoms with van der Waals surface area (Å²) in [7, 11) is 0. The first-order valence-corrected chi connectivity index (χ1v) is 8.57. The van der Waals surface area contributed by atoms with E-state index in [1.54, 1.807) is 11.8 Å². The summed E-state index contributed by atoms with van der Waals surface area (Å²) in [5.74, 6) is 0.838. The molecule has 120 valence electrons. The Morgan fingerprint density at radius 1 is 0.958 bits per heavy atom. The molecule has 0 saturated carbocycles. The molecule has 0 radical (unpaired) electrons. The zero-order valence-electron chi connectivity index (χ0n) is 13.4. The van der Waals surface area contributed by atoms with Gasteiger partial charge in [0.1, 0.15) is 12.4 Å². The second-order valence-electron chi connectivity index (χ2n) is 5.51. The van der Waals surface area contributed by atoms with Gasteiger partial charge in [-0.3, -0.25) is 4.79 Å². The summed E-state index contributed by atoms with van der Waals surface area (Å²) in [4.78, 5) is 13.1. The molecule has 0 amide bonds. The highest BCUT2D eigenvalue weighted by Gasteiger charge is 2.04. The zero-order chi connectivity index (χ0) is 16.8. The largest absolute Gasteiger partial charge is 0.489 e. The van der Waals surface area contributed by atoms with Gasteiger partial charge in [-0.2, -0.15) is 0 Å². The SMILES string of the molecule is Cc1cccc(COc2ccc(Sc3ccccc3C=O)cc2)c1. The Kier molecular flexibility index (Phi) is 5.34. The van der Waals surface area contributed by atoms with E-state index in [4.69, 9.17) is 4.74 Å². The van der Waals surface area contributed by atoms with Crippen molar-refractivity contribution in [2.75, 3.05) is 0 Å². The van der Waals surface area contributed by atoms with Gasteiger partial charge in [-0.1, -0.05) is 59.8 Å². The third-order valence-electron chi connectivity index (χ3n) is 3.59. The molecule has 0 aromatic heterocycles. The van der Waals surface area contributed by atoms with Gasteiger partial charge in [0, 0.05) is 15.4 Å². The van der Waals surface area contributed by atoms with Crippen LogP contribution in [0.2, 0.25) is 0 Å². The van der Waals surface area contributed by atoms with Crippen molar-refractivity contribution in [2.24, 2.45) is 0 Å². The summed E-state index contributed by atoms with van der Waals surface area (Å²) in [6.45, 7) is 2.63. The molecule has 0 saturated heterocycles. The zero-order valence-corrected chi connectivity index (χ0v) is 14.3. The maximum Gasteiger partial charge on any atom is 0.151 e. The van der Waals surface area contributed by atoms with E-state index in [2.05, 4.69) is 25.1 Å². The van der Waals surface area contributed by atoms with Gasteiger partial charge >= 0.3 is 0 Å². The van der Waals surface area contributed by atoms with Crippen molar-refractivity contribution in [1.82, 2.24) is 0 Å². The normalized spacial score (nSPS) is 10.4. The molecule has 3 aromatic rings. The molecular weight excluding hydrogens is 316 g/mol. The number of hydrogen-bond donors (Lipinski definition) is 0. The predicted molar refractivity (Wildman–Crippen MR) is 97.9 cm³/mol. The Balaban J connectivity index is 1.64. The van der Waals surface area contributed by atoms with E-state index in [0.717, 1.165) is 27.4 Å². The molecule has 0 heterocycles. The fourth-order valence-electron chi connectivity index (χ4n) is 2.37. The van der Waals surface area contributed by atoms with Gasteiger partial charge in [-0.15, -0.1) is 0 Å². The lowest BCUT2D eigenvalue weighted by Gasteiger charge is -2.08. The van der Waals surface area contributed by atoms with E-state index in [1.807, 2.05) is 54.6 Å². The molecule has 2 nitrogen and oxygen atoms in total. The van der Waals surface area contributed by atoms with E-state index >= 15 is 0 Å². The minimum absolute atomic E-state index is 0.558. The molecule has 0 spiro atoms. The molecule has 0 aliphatic rings. The van der Waals surface area contributed by atoms with Crippen LogP contribution in [0.4, 0.5) is 0 Å². The van der Waals surface area contributed by atoms with E-state index in [-0.39, 0.29) is 0 Å². The van der Waals surface area contributed by atoms with Gasteiger partial charge in [0.25, 0.3) is 0 Å². The van der Waals surface area contributed by atoms with Crippen LogP contribution in [0.15, 0.2) is 82.6 Å². The number of benzene rings is 3. The first kappa shape index (κ1) is 16.3. The molecule has 0 atom stereocenters. The lowest BCUT2D eigenvalue weighted by molar-refractivity contribution is 0.112. The molecule has 0 bridgehead atoms. The van der Waals surface area contributed by atoms with Crippen LogP contribution in [0.1, 0.15) is 21.5 Å². The third kappa shape index (κ3) is 4.27. The van der Waals surface area contributed by atoms with Crippen LogP contribution in [-0.4, -0.2) is 6.29 Å². The molecule has 24 heavy (non-hydrogen) atoms. The Morgan fingerprint density at radius 2 is 1.75 bits per heavy atom.